The van der Waals surface area contributed by atoms with Crippen LogP contribution < -0.4 is 15.5 Å². The van der Waals surface area contributed by atoms with Gasteiger partial charge in [0.05, 0.1) is 24.0 Å². The molecule has 1 heterocycles. The minimum Gasteiger partial charge on any atom is -0.465 e. The highest BCUT2D eigenvalue weighted by atomic mass is 16.5. The van der Waals surface area contributed by atoms with Crippen molar-refractivity contribution >= 4 is 29.3 Å². The van der Waals surface area contributed by atoms with E-state index in [1.807, 2.05) is 43.0 Å². The third-order valence-corrected chi connectivity index (χ3v) is 5.21. The van der Waals surface area contributed by atoms with E-state index in [9.17, 15) is 14.4 Å². The van der Waals surface area contributed by atoms with Crippen LogP contribution in [0.5, 0.6) is 0 Å². The first-order chi connectivity index (χ1) is 14.9. The van der Waals surface area contributed by atoms with Crippen LogP contribution in [0.2, 0.25) is 0 Å². The molecule has 1 aliphatic rings. The van der Waals surface area contributed by atoms with Gasteiger partial charge in [0.25, 0.3) is 5.91 Å². The molecule has 1 fully saturated rings. The normalized spacial score (nSPS) is 13.5. The Kier molecular flexibility index (Phi) is 7.12. The lowest BCUT2D eigenvalue weighted by molar-refractivity contribution is 0.0600. The number of amides is 3. The topological polar surface area (TPSA) is 91.0 Å². The maximum atomic E-state index is 12.8. The van der Waals surface area contributed by atoms with Crippen molar-refractivity contribution < 1.29 is 19.1 Å². The summed E-state index contributed by atoms with van der Waals surface area (Å²) in [5.41, 5.74) is 3.50. The molecule has 2 aromatic carbocycles. The zero-order valence-corrected chi connectivity index (χ0v) is 18.1. The summed E-state index contributed by atoms with van der Waals surface area (Å²) >= 11 is 0. The van der Waals surface area contributed by atoms with Gasteiger partial charge in [0.2, 0.25) is 0 Å². The van der Waals surface area contributed by atoms with Crippen molar-refractivity contribution in [1.29, 1.82) is 0 Å². The molecule has 0 saturated carbocycles. The smallest absolute Gasteiger partial charge is 0.337 e. The Labute approximate surface area is 182 Å². The van der Waals surface area contributed by atoms with Gasteiger partial charge in [0, 0.05) is 38.3 Å². The molecule has 0 spiro atoms. The number of rotatable bonds is 5. The molecule has 3 amide bonds. The van der Waals surface area contributed by atoms with E-state index in [4.69, 9.17) is 4.74 Å². The number of esters is 1. The van der Waals surface area contributed by atoms with Gasteiger partial charge in [-0.05, 0) is 44.2 Å². The second-order valence-corrected chi connectivity index (χ2v) is 7.35. The maximum absolute atomic E-state index is 12.8. The highest BCUT2D eigenvalue weighted by molar-refractivity contribution is 5.97. The number of hydrogen-bond acceptors (Lipinski definition) is 5. The third kappa shape index (κ3) is 5.33. The highest BCUT2D eigenvalue weighted by Crippen LogP contribution is 2.29. The van der Waals surface area contributed by atoms with Crippen molar-refractivity contribution in [3.05, 3.63) is 59.2 Å². The molecule has 0 bridgehead atoms. The summed E-state index contributed by atoms with van der Waals surface area (Å²) in [6.07, 6.45) is 0. The maximum Gasteiger partial charge on any atom is 0.337 e. The first-order valence-electron chi connectivity index (χ1n) is 10.3. The Morgan fingerprint density at radius 1 is 0.968 bits per heavy atom. The quantitative estimate of drug-likeness (QED) is 0.721. The number of aryl methyl sites for hydroxylation is 1. The average molecular weight is 425 g/mol. The number of ether oxygens (including phenoxy) is 1. The zero-order valence-electron chi connectivity index (χ0n) is 18.1. The average Bonchev–Trinajstić information content (AvgIpc) is 2.79. The number of piperazine rings is 1. The van der Waals surface area contributed by atoms with Crippen LogP contribution in [0.25, 0.3) is 0 Å². The van der Waals surface area contributed by atoms with E-state index >= 15 is 0 Å². The Morgan fingerprint density at radius 2 is 1.61 bits per heavy atom. The van der Waals surface area contributed by atoms with Crippen molar-refractivity contribution in [1.82, 2.24) is 10.2 Å². The van der Waals surface area contributed by atoms with Crippen LogP contribution in [0.1, 0.15) is 33.2 Å². The fraction of sp³-hybridized carbons (Fsp3) is 0.348. The summed E-state index contributed by atoms with van der Waals surface area (Å²) in [5, 5.41) is 5.54. The molecule has 31 heavy (non-hydrogen) atoms. The molecular weight excluding hydrogens is 396 g/mol. The van der Waals surface area contributed by atoms with E-state index in [1.165, 1.54) is 7.11 Å². The van der Waals surface area contributed by atoms with E-state index in [0.717, 1.165) is 11.3 Å². The molecule has 1 aliphatic heterocycles. The fourth-order valence-corrected chi connectivity index (χ4v) is 3.50. The number of hydrogen-bond donors (Lipinski definition) is 2. The number of nitrogens with zero attached hydrogens (tertiary/aromatic N) is 2. The lowest BCUT2D eigenvalue weighted by atomic mass is 10.1. The number of benzene rings is 2. The van der Waals surface area contributed by atoms with Gasteiger partial charge in [-0.15, -0.1) is 0 Å². The van der Waals surface area contributed by atoms with Crippen molar-refractivity contribution in [2.24, 2.45) is 0 Å². The number of nitrogens with one attached hydrogen (secondary N) is 2. The van der Waals surface area contributed by atoms with Crippen LogP contribution >= 0.6 is 0 Å². The summed E-state index contributed by atoms with van der Waals surface area (Å²) in [7, 11) is 1.33. The Balaban J connectivity index is 1.76. The van der Waals surface area contributed by atoms with Gasteiger partial charge < -0.3 is 25.2 Å². The van der Waals surface area contributed by atoms with Crippen molar-refractivity contribution in [2.45, 2.75) is 13.8 Å². The Bertz CT molecular complexity index is 951. The minimum absolute atomic E-state index is 0.00336. The van der Waals surface area contributed by atoms with Gasteiger partial charge in [0.15, 0.2) is 0 Å². The van der Waals surface area contributed by atoms with Gasteiger partial charge in [-0.2, -0.15) is 0 Å². The zero-order chi connectivity index (χ0) is 22.4. The third-order valence-electron chi connectivity index (χ3n) is 5.21. The van der Waals surface area contributed by atoms with Crippen LogP contribution in [0.4, 0.5) is 16.2 Å². The highest BCUT2D eigenvalue weighted by Gasteiger charge is 2.24. The molecule has 0 atom stereocenters. The molecule has 8 heteroatoms. The summed E-state index contributed by atoms with van der Waals surface area (Å²) < 4.78 is 4.83. The molecule has 0 aliphatic carbocycles. The summed E-state index contributed by atoms with van der Waals surface area (Å²) in [5.74, 6) is -0.442. The van der Waals surface area contributed by atoms with E-state index in [1.54, 1.807) is 18.2 Å². The SMILES string of the molecule is CCNC(=O)Nc1ccc(C(=O)OC)cc1N1CCN(C(=O)c2ccc(C)cc2)CC1. The van der Waals surface area contributed by atoms with E-state index < -0.39 is 5.97 Å². The van der Waals surface area contributed by atoms with Gasteiger partial charge in [-0.1, -0.05) is 17.7 Å². The standard InChI is InChI=1S/C23H28N4O4/c1-4-24-23(30)25-19-10-9-18(22(29)31-3)15-20(19)26-11-13-27(14-12-26)21(28)17-7-5-16(2)6-8-17/h5-10,15H,4,11-14H2,1-3H3,(H2,24,25,30). The molecule has 1 saturated heterocycles. The first kappa shape index (κ1) is 22.1. The molecular formula is C23H28N4O4. The van der Waals surface area contributed by atoms with Crippen molar-refractivity contribution in [3.63, 3.8) is 0 Å². The molecule has 0 unspecified atom stereocenters. The second-order valence-electron chi connectivity index (χ2n) is 7.35. The minimum atomic E-state index is -0.445. The van der Waals surface area contributed by atoms with Crippen LogP contribution in [0.3, 0.4) is 0 Å². The molecule has 3 rings (SSSR count). The lowest BCUT2D eigenvalue weighted by Gasteiger charge is -2.37. The predicted molar refractivity (Wildman–Crippen MR) is 120 cm³/mol. The monoisotopic (exact) mass is 424 g/mol. The number of carbonyl (C=O) groups is 3. The van der Waals surface area contributed by atoms with E-state index in [0.29, 0.717) is 49.5 Å². The summed E-state index contributed by atoms with van der Waals surface area (Å²) in [6, 6.07) is 12.3. The largest absolute Gasteiger partial charge is 0.465 e. The number of urea groups is 1. The lowest BCUT2D eigenvalue weighted by Crippen LogP contribution is -2.49. The number of anilines is 2. The molecule has 2 N–H and O–H groups in total. The van der Waals surface area contributed by atoms with Gasteiger partial charge in [-0.25, -0.2) is 9.59 Å². The van der Waals surface area contributed by atoms with Crippen LogP contribution in [-0.2, 0) is 4.74 Å². The summed E-state index contributed by atoms with van der Waals surface area (Å²) in [4.78, 5) is 40.8. The van der Waals surface area contributed by atoms with Crippen LogP contribution in [0, 0.1) is 6.92 Å². The fourth-order valence-electron chi connectivity index (χ4n) is 3.50. The second kappa shape index (κ2) is 9.97. The van der Waals surface area contributed by atoms with Gasteiger partial charge >= 0.3 is 12.0 Å². The number of carbonyl (C=O) groups excluding carboxylic acids is 3. The number of methoxy groups -OCH3 is 1. The first-order valence-corrected chi connectivity index (χ1v) is 10.3. The summed E-state index contributed by atoms with van der Waals surface area (Å²) in [6.45, 7) is 6.55. The predicted octanol–water partition coefficient (Wildman–Crippen LogP) is 2.89. The Hall–Kier alpha value is -3.55. The molecule has 0 aromatic heterocycles. The van der Waals surface area contributed by atoms with Gasteiger partial charge in [0.1, 0.15) is 0 Å². The molecule has 164 valence electrons. The van der Waals surface area contributed by atoms with E-state index in [-0.39, 0.29) is 11.9 Å². The molecule has 8 nitrogen and oxygen atoms in total. The Morgan fingerprint density at radius 3 is 2.23 bits per heavy atom. The van der Waals surface area contributed by atoms with Crippen molar-refractivity contribution in [3.8, 4) is 0 Å². The molecule has 0 radical (unpaired) electrons. The van der Waals surface area contributed by atoms with Crippen LogP contribution in [0.15, 0.2) is 42.5 Å². The van der Waals surface area contributed by atoms with Gasteiger partial charge in [-0.3, -0.25) is 4.79 Å². The van der Waals surface area contributed by atoms with Crippen molar-refractivity contribution in [2.75, 3.05) is 50.1 Å². The van der Waals surface area contributed by atoms with Crippen LogP contribution in [-0.4, -0.2) is 62.6 Å². The van der Waals surface area contributed by atoms with E-state index in [2.05, 4.69) is 15.5 Å². The molecule has 2 aromatic rings.